The first kappa shape index (κ1) is 16.7. The molecule has 0 radical (unpaired) electrons. The average molecular weight is 332 g/mol. The van der Waals surface area contributed by atoms with Gasteiger partial charge in [-0.3, -0.25) is 9.69 Å². The molecule has 3 rings (SSSR count). The Kier molecular flexibility index (Phi) is 4.99. The predicted molar refractivity (Wildman–Crippen MR) is 87.4 cm³/mol. The molecule has 130 valence electrons. The van der Waals surface area contributed by atoms with Gasteiger partial charge < -0.3 is 13.8 Å². The first-order chi connectivity index (χ1) is 11.5. The van der Waals surface area contributed by atoms with Gasteiger partial charge in [0.25, 0.3) is 5.91 Å². The maximum Gasteiger partial charge on any atom is 0.257 e. The average Bonchev–Trinajstić information content (AvgIpc) is 3.16. The van der Waals surface area contributed by atoms with E-state index in [-0.39, 0.29) is 11.9 Å². The van der Waals surface area contributed by atoms with Crippen molar-refractivity contribution in [1.29, 1.82) is 0 Å². The van der Waals surface area contributed by atoms with E-state index in [9.17, 15) is 4.79 Å². The molecule has 2 aromatic rings. The summed E-state index contributed by atoms with van der Waals surface area (Å²) in [6, 6.07) is 1.62. The number of aryl methyl sites for hydroxylation is 1. The van der Waals surface area contributed by atoms with E-state index in [0.29, 0.717) is 36.3 Å². The molecule has 7 nitrogen and oxygen atoms in total. The molecule has 1 saturated heterocycles. The molecule has 3 heterocycles. The van der Waals surface area contributed by atoms with Crippen LogP contribution in [-0.2, 0) is 0 Å². The fourth-order valence-corrected chi connectivity index (χ4v) is 3.16. The summed E-state index contributed by atoms with van der Waals surface area (Å²) in [4.78, 5) is 21.3. The molecule has 0 aromatic carbocycles. The Morgan fingerprint density at radius 1 is 1.42 bits per heavy atom. The van der Waals surface area contributed by atoms with E-state index in [1.807, 2.05) is 11.8 Å². The molecule has 1 aliphatic heterocycles. The second-order valence-corrected chi connectivity index (χ2v) is 6.70. The largest absolute Gasteiger partial charge is 0.472 e. The molecule has 1 fully saturated rings. The van der Waals surface area contributed by atoms with Gasteiger partial charge >= 0.3 is 0 Å². The third-order valence-electron chi connectivity index (χ3n) is 4.19. The fraction of sp³-hybridized carbons (Fsp3) is 0.588. The van der Waals surface area contributed by atoms with Crippen molar-refractivity contribution in [3.63, 3.8) is 0 Å². The van der Waals surface area contributed by atoms with Gasteiger partial charge in [-0.25, -0.2) is 0 Å². The van der Waals surface area contributed by atoms with Crippen LogP contribution in [0.2, 0.25) is 0 Å². The van der Waals surface area contributed by atoms with Gasteiger partial charge in [0.1, 0.15) is 12.3 Å². The maximum absolute atomic E-state index is 12.7. The molecule has 1 unspecified atom stereocenters. The first-order valence-corrected chi connectivity index (χ1v) is 8.40. The standard InChI is InChI=1S/C17H24N4O3/c1-12(2)9-20-6-4-7-21(17(22)14-5-8-23-11-14)10-15(20)16-18-13(3)19-24-16/h5,8,11-12,15H,4,6-7,9-10H2,1-3H3. The number of furan rings is 1. The van der Waals surface area contributed by atoms with Gasteiger partial charge in [-0.15, -0.1) is 0 Å². The predicted octanol–water partition coefficient (Wildman–Crippen LogP) is 2.52. The van der Waals surface area contributed by atoms with Crippen molar-refractivity contribution in [2.24, 2.45) is 5.92 Å². The van der Waals surface area contributed by atoms with E-state index in [1.54, 1.807) is 6.07 Å². The molecule has 0 aliphatic carbocycles. The summed E-state index contributed by atoms with van der Waals surface area (Å²) in [5.41, 5.74) is 0.577. The maximum atomic E-state index is 12.7. The van der Waals surface area contributed by atoms with Crippen LogP contribution in [0.15, 0.2) is 27.5 Å². The number of nitrogens with zero attached hydrogens (tertiary/aromatic N) is 4. The molecule has 2 aromatic heterocycles. The van der Waals surface area contributed by atoms with Crippen LogP contribution >= 0.6 is 0 Å². The van der Waals surface area contributed by atoms with Gasteiger partial charge in [0.05, 0.1) is 11.8 Å². The molecule has 1 amide bonds. The molecule has 0 spiro atoms. The van der Waals surface area contributed by atoms with Crippen molar-refractivity contribution in [3.05, 3.63) is 35.9 Å². The molecule has 1 aliphatic rings. The first-order valence-electron chi connectivity index (χ1n) is 8.40. The highest BCUT2D eigenvalue weighted by atomic mass is 16.5. The number of rotatable bonds is 4. The Morgan fingerprint density at radius 2 is 2.25 bits per heavy atom. The summed E-state index contributed by atoms with van der Waals surface area (Å²) in [5, 5.41) is 3.92. The van der Waals surface area contributed by atoms with Gasteiger partial charge in [-0.2, -0.15) is 4.98 Å². The Hall–Kier alpha value is -2.15. The normalized spacial score (nSPS) is 19.7. The molecule has 24 heavy (non-hydrogen) atoms. The highest BCUT2D eigenvalue weighted by Crippen LogP contribution is 2.26. The second kappa shape index (κ2) is 7.17. The van der Waals surface area contributed by atoms with Crippen LogP contribution in [0.1, 0.15) is 48.4 Å². The summed E-state index contributed by atoms with van der Waals surface area (Å²) in [5.74, 6) is 1.70. The van der Waals surface area contributed by atoms with Crippen LogP contribution in [0.5, 0.6) is 0 Å². The van der Waals surface area contributed by atoms with Gasteiger partial charge in [-0.05, 0) is 25.3 Å². The number of amides is 1. The molecule has 7 heteroatoms. The topological polar surface area (TPSA) is 75.6 Å². The highest BCUT2D eigenvalue weighted by Gasteiger charge is 2.33. The number of carbonyl (C=O) groups excluding carboxylic acids is 1. The van der Waals surface area contributed by atoms with Crippen molar-refractivity contribution in [1.82, 2.24) is 19.9 Å². The molecule has 0 N–H and O–H groups in total. The number of aromatic nitrogens is 2. The smallest absolute Gasteiger partial charge is 0.257 e. The summed E-state index contributed by atoms with van der Waals surface area (Å²) in [7, 11) is 0. The minimum Gasteiger partial charge on any atom is -0.472 e. The summed E-state index contributed by atoms with van der Waals surface area (Å²) < 4.78 is 10.5. The number of carbonyl (C=O) groups is 1. The van der Waals surface area contributed by atoms with Gasteiger partial charge in [0.2, 0.25) is 5.89 Å². The molecule has 0 saturated carbocycles. The Labute approximate surface area is 141 Å². The number of hydrogen-bond acceptors (Lipinski definition) is 6. The minimum absolute atomic E-state index is 0.0172. The zero-order chi connectivity index (χ0) is 17.1. The molecule has 0 bridgehead atoms. The third kappa shape index (κ3) is 3.67. The monoisotopic (exact) mass is 332 g/mol. The van der Waals surface area contributed by atoms with E-state index in [0.717, 1.165) is 19.5 Å². The van der Waals surface area contributed by atoms with Crippen LogP contribution in [0.4, 0.5) is 0 Å². The van der Waals surface area contributed by atoms with E-state index < -0.39 is 0 Å². The summed E-state index contributed by atoms with van der Waals surface area (Å²) in [6.45, 7) is 9.27. The second-order valence-electron chi connectivity index (χ2n) is 6.70. The lowest BCUT2D eigenvalue weighted by Gasteiger charge is -2.30. The van der Waals surface area contributed by atoms with E-state index in [1.165, 1.54) is 12.5 Å². The lowest BCUT2D eigenvalue weighted by molar-refractivity contribution is 0.0708. The zero-order valence-corrected chi connectivity index (χ0v) is 14.4. The number of hydrogen-bond donors (Lipinski definition) is 0. The SMILES string of the molecule is Cc1noc(C2CN(C(=O)c3ccoc3)CCCN2CC(C)C)n1. The lowest BCUT2D eigenvalue weighted by atomic mass is 10.1. The zero-order valence-electron chi connectivity index (χ0n) is 14.4. The van der Waals surface area contributed by atoms with Crippen molar-refractivity contribution < 1.29 is 13.7 Å². The van der Waals surface area contributed by atoms with Crippen LogP contribution in [-0.4, -0.2) is 52.0 Å². The minimum atomic E-state index is -0.0769. The van der Waals surface area contributed by atoms with Crippen LogP contribution in [0.3, 0.4) is 0 Å². The quantitative estimate of drug-likeness (QED) is 0.856. The summed E-state index contributed by atoms with van der Waals surface area (Å²) >= 11 is 0. The van der Waals surface area contributed by atoms with E-state index in [4.69, 9.17) is 8.94 Å². The van der Waals surface area contributed by atoms with Gasteiger partial charge in [0, 0.05) is 26.2 Å². The van der Waals surface area contributed by atoms with E-state index >= 15 is 0 Å². The Morgan fingerprint density at radius 3 is 2.88 bits per heavy atom. The molecular weight excluding hydrogens is 308 g/mol. The van der Waals surface area contributed by atoms with Crippen molar-refractivity contribution in [2.75, 3.05) is 26.2 Å². The Bertz CT molecular complexity index is 665. The van der Waals surface area contributed by atoms with Crippen molar-refractivity contribution >= 4 is 5.91 Å². The van der Waals surface area contributed by atoms with E-state index in [2.05, 4.69) is 28.9 Å². The molecular formula is C17H24N4O3. The van der Waals surface area contributed by atoms with Gasteiger partial charge in [-0.1, -0.05) is 19.0 Å². The van der Waals surface area contributed by atoms with Crippen molar-refractivity contribution in [2.45, 2.75) is 33.2 Å². The van der Waals surface area contributed by atoms with Crippen LogP contribution in [0.25, 0.3) is 0 Å². The van der Waals surface area contributed by atoms with Crippen molar-refractivity contribution in [3.8, 4) is 0 Å². The van der Waals surface area contributed by atoms with Crippen LogP contribution in [0, 0.1) is 12.8 Å². The highest BCUT2D eigenvalue weighted by molar-refractivity contribution is 5.93. The fourth-order valence-electron chi connectivity index (χ4n) is 3.16. The molecule has 1 atom stereocenters. The van der Waals surface area contributed by atoms with Gasteiger partial charge in [0.15, 0.2) is 5.82 Å². The van der Waals surface area contributed by atoms with Crippen LogP contribution < -0.4 is 0 Å². The Balaban J connectivity index is 1.84. The summed E-state index contributed by atoms with van der Waals surface area (Å²) in [6.07, 6.45) is 3.93. The third-order valence-corrected chi connectivity index (χ3v) is 4.19. The lowest BCUT2D eigenvalue weighted by Crippen LogP contribution is -2.39.